The van der Waals surface area contributed by atoms with Crippen LogP contribution in [-0.4, -0.2) is 36.3 Å². The molecular weight excluding hydrogens is 470 g/mol. The molecule has 3 aromatic rings. The van der Waals surface area contributed by atoms with Crippen LogP contribution < -0.4 is 14.8 Å². The fourth-order valence-electron chi connectivity index (χ4n) is 4.44. The molecule has 0 radical (unpaired) electrons. The molecule has 0 aliphatic carbocycles. The van der Waals surface area contributed by atoms with E-state index in [0.717, 1.165) is 5.56 Å². The van der Waals surface area contributed by atoms with Crippen LogP contribution in [0, 0.1) is 0 Å². The van der Waals surface area contributed by atoms with E-state index < -0.39 is 27.8 Å². The molecule has 2 aliphatic heterocycles. The second-order valence-electron chi connectivity index (χ2n) is 8.42. The average molecular weight is 492 g/mol. The van der Waals surface area contributed by atoms with Crippen molar-refractivity contribution in [2.24, 2.45) is 5.14 Å². The maximum atomic E-state index is 13.2. The molecule has 178 valence electrons. The third-order valence-corrected chi connectivity index (χ3v) is 6.95. The van der Waals surface area contributed by atoms with E-state index in [0.29, 0.717) is 23.4 Å². The van der Waals surface area contributed by atoms with E-state index in [-0.39, 0.29) is 28.0 Å². The van der Waals surface area contributed by atoms with Crippen LogP contribution in [0.5, 0.6) is 5.75 Å². The highest BCUT2D eigenvalue weighted by Crippen LogP contribution is 2.42. The number of aliphatic hydroxyl groups is 1. The van der Waals surface area contributed by atoms with Crippen molar-refractivity contribution in [3.8, 4) is 5.75 Å². The molecule has 0 saturated carbocycles. The predicted octanol–water partition coefficient (Wildman–Crippen LogP) is 2.68. The highest BCUT2D eigenvalue weighted by Gasteiger charge is 2.47. The fraction of sp³-hybridized carbons (Fsp3) is 0.160. The summed E-state index contributed by atoms with van der Waals surface area (Å²) < 4.78 is 29.0. The lowest BCUT2D eigenvalue weighted by Crippen LogP contribution is -2.29. The van der Waals surface area contributed by atoms with E-state index in [4.69, 9.17) is 9.88 Å². The number of carbonyl (C=O) groups is 2. The van der Waals surface area contributed by atoms with Crippen LogP contribution in [0.25, 0.3) is 5.76 Å². The molecule has 10 heteroatoms. The monoisotopic (exact) mass is 491 g/mol. The second kappa shape index (κ2) is 8.33. The number of anilines is 1. The quantitative estimate of drug-likeness (QED) is 0.325. The van der Waals surface area contributed by atoms with Crippen LogP contribution in [0.15, 0.2) is 77.3 Å². The van der Waals surface area contributed by atoms with Crippen molar-refractivity contribution >= 4 is 33.2 Å². The largest absolute Gasteiger partial charge is 0.507 e. The molecule has 1 amide bonds. The molecule has 1 saturated heterocycles. The molecule has 2 aliphatic rings. The molecule has 0 spiro atoms. The third kappa shape index (κ3) is 3.96. The van der Waals surface area contributed by atoms with Gasteiger partial charge in [0.25, 0.3) is 11.7 Å². The molecule has 1 aromatic heterocycles. The van der Waals surface area contributed by atoms with E-state index >= 15 is 0 Å². The zero-order valence-corrected chi connectivity index (χ0v) is 19.4. The van der Waals surface area contributed by atoms with Gasteiger partial charge in [0.15, 0.2) is 0 Å². The molecule has 2 unspecified atom stereocenters. The number of amides is 1. The number of ether oxygens (including phenoxy) is 1. The minimum absolute atomic E-state index is 0.00167. The number of rotatable bonds is 4. The number of Topliss-reactive ketones (excluding diaryl/α,β-unsaturated/α-hetero) is 1. The summed E-state index contributed by atoms with van der Waals surface area (Å²) in [6.07, 6.45) is 2.18. The van der Waals surface area contributed by atoms with Gasteiger partial charge in [-0.05, 0) is 67.1 Å². The van der Waals surface area contributed by atoms with Gasteiger partial charge in [0, 0.05) is 23.9 Å². The van der Waals surface area contributed by atoms with Crippen LogP contribution >= 0.6 is 0 Å². The SMILES string of the molecule is CC1Cc2cc(/C(O)=C3/C(=O)C(=O)N(c4ccc(S(N)(=O)=O)cc4)C3c3ccccn3)ccc2O1. The van der Waals surface area contributed by atoms with Crippen molar-refractivity contribution in [2.45, 2.75) is 30.4 Å². The van der Waals surface area contributed by atoms with Crippen molar-refractivity contribution < 1.29 is 27.9 Å². The fourth-order valence-corrected chi connectivity index (χ4v) is 4.95. The van der Waals surface area contributed by atoms with Gasteiger partial charge < -0.3 is 9.84 Å². The van der Waals surface area contributed by atoms with E-state index in [1.54, 1.807) is 36.4 Å². The summed E-state index contributed by atoms with van der Waals surface area (Å²) in [5, 5.41) is 16.4. The molecule has 5 rings (SSSR count). The zero-order chi connectivity index (χ0) is 24.9. The minimum Gasteiger partial charge on any atom is -0.507 e. The molecule has 35 heavy (non-hydrogen) atoms. The smallest absolute Gasteiger partial charge is 0.300 e. The van der Waals surface area contributed by atoms with Gasteiger partial charge in [-0.15, -0.1) is 0 Å². The Kier molecular flexibility index (Phi) is 5.42. The number of fused-ring (bicyclic) bond motifs is 1. The van der Waals surface area contributed by atoms with Crippen molar-refractivity contribution in [1.82, 2.24) is 4.98 Å². The number of ketones is 1. The van der Waals surface area contributed by atoms with Crippen LogP contribution in [0.2, 0.25) is 0 Å². The summed E-state index contributed by atoms with van der Waals surface area (Å²) in [4.78, 5) is 31.8. The Balaban J connectivity index is 1.66. The Bertz CT molecular complexity index is 1480. The van der Waals surface area contributed by atoms with Crippen LogP contribution in [0.4, 0.5) is 5.69 Å². The van der Waals surface area contributed by atoms with Gasteiger partial charge in [0.1, 0.15) is 23.7 Å². The number of hydrogen-bond donors (Lipinski definition) is 2. The summed E-state index contributed by atoms with van der Waals surface area (Å²) in [7, 11) is -3.94. The highest BCUT2D eigenvalue weighted by atomic mass is 32.2. The van der Waals surface area contributed by atoms with Crippen molar-refractivity contribution in [3.63, 3.8) is 0 Å². The summed E-state index contributed by atoms with van der Waals surface area (Å²) >= 11 is 0. The zero-order valence-electron chi connectivity index (χ0n) is 18.6. The Hall–Kier alpha value is -4.02. The first kappa shape index (κ1) is 22.8. The first-order valence-corrected chi connectivity index (χ1v) is 12.3. The minimum atomic E-state index is -3.94. The molecule has 1 fully saturated rings. The van der Waals surface area contributed by atoms with Crippen molar-refractivity contribution in [1.29, 1.82) is 0 Å². The van der Waals surface area contributed by atoms with Gasteiger partial charge in [-0.2, -0.15) is 0 Å². The maximum absolute atomic E-state index is 13.2. The average Bonchev–Trinajstić information content (AvgIpc) is 3.34. The van der Waals surface area contributed by atoms with Gasteiger partial charge in [-0.1, -0.05) is 6.07 Å². The topological polar surface area (TPSA) is 140 Å². The Morgan fingerprint density at radius 3 is 2.51 bits per heavy atom. The number of carbonyl (C=O) groups excluding carboxylic acids is 2. The molecule has 3 N–H and O–H groups in total. The first-order valence-electron chi connectivity index (χ1n) is 10.8. The van der Waals surface area contributed by atoms with Crippen LogP contribution in [0.3, 0.4) is 0 Å². The van der Waals surface area contributed by atoms with E-state index in [1.165, 1.54) is 35.4 Å². The Morgan fingerprint density at radius 2 is 1.86 bits per heavy atom. The Labute approximate surface area is 201 Å². The van der Waals surface area contributed by atoms with Crippen molar-refractivity contribution in [3.05, 3.63) is 89.3 Å². The molecular formula is C25H21N3O6S. The number of pyridine rings is 1. The first-order chi connectivity index (χ1) is 16.6. The van der Waals surface area contributed by atoms with Gasteiger partial charge in [-0.3, -0.25) is 19.5 Å². The van der Waals surface area contributed by atoms with Crippen molar-refractivity contribution in [2.75, 3.05) is 4.90 Å². The van der Waals surface area contributed by atoms with Gasteiger partial charge in [0.2, 0.25) is 10.0 Å². The normalized spacial score (nSPS) is 21.1. The summed E-state index contributed by atoms with van der Waals surface area (Å²) in [5.41, 5.74) is 1.78. The molecule has 2 aromatic carbocycles. The van der Waals surface area contributed by atoms with E-state index in [9.17, 15) is 23.1 Å². The molecule has 3 heterocycles. The number of aliphatic hydroxyl groups excluding tert-OH is 1. The lowest BCUT2D eigenvalue weighted by Gasteiger charge is -2.24. The summed E-state index contributed by atoms with van der Waals surface area (Å²) in [6.45, 7) is 1.94. The highest BCUT2D eigenvalue weighted by molar-refractivity contribution is 7.89. The standard InChI is InChI=1S/C25H21N3O6S/c1-14-12-16-13-15(5-10-20(16)34-14)23(29)21-22(19-4-2-3-11-27-19)28(25(31)24(21)30)17-6-8-18(9-7-17)35(26,32)33/h2-11,13-14,22,29H,12H2,1H3,(H2,26,32,33)/b23-21-. The van der Waals surface area contributed by atoms with Crippen LogP contribution in [-0.2, 0) is 26.0 Å². The summed E-state index contributed by atoms with van der Waals surface area (Å²) in [6, 6.07) is 14.4. The second-order valence-corrected chi connectivity index (χ2v) is 9.98. The molecule has 9 nitrogen and oxygen atoms in total. The number of aromatic nitrogens is 1. The Morgan fingerprint density at radius 1 is 1.11 bits per heavy atom. The van der Waals surface area contributed by atoms with Gasteiger partial charge in [-0.25, -0.2) is 13.6 Å². The number of benzene rings is 2. The number of nitrogens with zero attached hydrogens (tertiary/aromatic N) is 2. The molecule has 2 atom stereocenters. The molecule has 0 bridgehead atoms. The third-order valence-electron chi connectivity index (χ3n) is 6.03. The number of sulfonamides is 1. The predicted molar refractivity (Wildman–Crippen MR) is 127 cm³/mol. The van der Waals surface area contributed by atoms with Gasteiger partial charge in [0.05, 0.1) is 16.2 Å². The number of nitrogens with two attached hydrogens (primary N) is 1. The lowest BCUT2D eigenvalue weighted by molar-refractivity contribution is -0.132. The summed E-state index contributed by atoms with van der Waals surface area (Å²) in [5.74, 6) is -1.36. The lowest BCUT2D eigenvalue weighted by atomic mass is 9.96. The van der Waals surface area contributed by atoms with Crippen LogP contribution in [0.1, 0.15) is 29.8 Å². The van der Waals surface area contributed by atoms with Gasteiger partial charge >= 0.3 is 0 Å². The van der Waals surface area contributed by atoms with E-state index in [1.807, 2.05) is 6.92 Å². The number of hydrogen-bond acceptors (Lipinski definition) is 7. The van der Waals surface area contributed by atoms with E-state index in [2.05, 4.69) is 4.98 Å². The number of primary sulfonamides is 1. The maximum Gasteiger partial charge on any atom is 0.300 e.